The number of ether oxygens (including phenoxy) is 1. The van der Waals surface area contributed by atoms with Crippen LogP contribution in [0.4, 0.5) is 18.9 Å². The lowest BCUT2D eigenvalue weighted by Crippen LogP contribution is -2.34. The third-order valence-electron chi connectivity index (χ3n) is 4.70. The normalized spacial score (nSPS) is 17.0. The van der Waals surface area contributed by atoms with E-state index >= 15 is 0 Å². The standard InChI is InChI=1S/C20H21F3N2O4S/c1-25(13-17-6-3-11-29-17)19(26)14-7-9-18(10-8-14)30(27,28)24-16-5-2-4-15(12-16)20(21,22)23/h2,4-5,7-10,12,17,24H,3,6,11,13H2,1H3. The maximum atomic E-state index is 12.8. The van der Waals surface area contributed by atoms with E-state index in [4.69, 9.17) is 4.74 Å². The number of carbonyl (C=O) groups excluding carboxylic acids is 1. The summed E-state index contributed by atoms with van der Waals surface area (Å²) >= 11 is 0. The molecule has 2 aromatic rings. The van der Waals surface area contributed by atoms with Crippen molar-refractivity contribution in [3.63, 3.8) is 0 Å². The summed E-state index contributed by atoms with van der Waals surface area (Å²) in [6.45, 7) is 1.12. The summed E-state index contributed by atoms with van der Waals surface area (Å²) < 4.78 is 71.1. The second-order valence-electron chi connectivity index (χ2n) is 7.03. The van der Waals surface area contributed by atoms with Crippen LogP contribution in [0.2, 0.25) is 0 Å². The molecule has 162 valence electrons. The van der Waals surface area contributed by atoms with E-state index in [1.54, 1.807) is 7.05 Å². The first-order valence-corrected chi connectivity index (χ1v) is 10.7. The van der Waals surface area contributed by atoms with Gasteiger partial charge < -0.3 is 9.64 Å². The van der Waals surface area contributed by atoms with Crippen LogP contribution in [0.3, 0.4) is 0 Å². The number of hydrogen-bond acceptors (Lipinski definition) is 4. The first-order valence-electron chi connectivity index (χ1n) is 9.23. The van der Waals surface area contributed by atoms with Gasteiger partial charge in [0, 0.05) is 31.5 Å². The van der Waals surface area contributed by atoms with Gasteiger partial charge in [0.05, 0.1) is 16.6 Å². The van der Waals surface area contributed by atoms with Gasteiger partial charge in [0.2, 0.25) is 0 Å². The van der Waals surface area contributed by atoms with E-state index in [2.05, 4.69) is 4.72 Å². The van der Waals surface area contributed by atoms with Crippen molar-refractivity contribution in [2.45, 2.75) is 30.0 Å². The molecular weight excluding hydrogens is 421 g/mol. The molecule has 0 spiro atoms. The highest BCUT2D eigenvalue weighted by molar-refractivity contribution is 7.92. The molecule has 1 fully saturated rings. The number of anilines is 1. The Morgan fingerprint density at radius 2 is 1.90 bits per heavy atom. The number of nitrogens with zero attached hydrogens (tertiary/aromatic N) is 1. The maximum absolute atomic E-state index is 12.8. The minimum Gasteiger partial charge on any atom is -0.376 e. The van der Waals surface area contributed by atoms with Crippen LogP contribution in [0.1, 0.15) is 28.8 Å². The lowest BCUT2D eigenvalue weighted by molar-refractivity contribution is -0.137. The van der Waals surface area contributed by atoms with Gasteiger partial charge >= 0.3 is 6.18 Å². The van der Waals surface area contributed by atoms with Gasteiger partial charge in [-0.2, -0.15) is 13.2 Å². The second kappa shape index (κ2) is 8.65. The van der Waals surface area contributed by atoms with Crippen LogP contribution in [-0.2, 0) is 20.9 Å². The molecule has 2 aromatic carbocycles. The topological polar surface area (TPSA) is 75.7 Å². The van der Waals surface area contributed by atoms with Crippen molar-refractivity contribution in [2.75, 3.05) is 24.9 Å². The van der Waals surface area contributed by atoms with Gasteiger partial charge in [-0.15, -0.1) is 0 Å². The van der Waals surface area contributed by atoms with Gasteiger partial charge in [-0.1, -0.05) is 6.07 Å². The van der Waals surface area contributed by atoms with Gasteiger partial charge in [0.25, 0.3) is 15.9 Å². The monoisotopic (exact) mass is 442 g/mol. The molecule has 6 nitrogen and oxygen atoms in total. The summed E-state index contributed by atoms with van der Waals surface area (Å²) in [6, 6.07) is 9.13. The molecule has 0 radical (unpaired) electrons. The molecule has 1 N–H and O–H groups in total. The Labute approximate surface area is 172 Å². The largest absolute Gasteiger partial charge is 0.416 e. The molecule has 0 saturated carbocycles. The Bertz CT molecular complexity index is 1000. The fourth-order valence-electron chi connectivity index (χ4n) is 3.15. The SMILES string of the molecule is CN(CC1CCCO1)C(=O)c1ccc(S(=O)(=O)Nc2cccc(C(F)(F)F)c2)cc1. The lowest BCUT2D eigenvalue weighted by atomic mass is 10.2. The molecule has 30 heavy (non-hydrogen) atoms. The molecule has 3 rings (SSSR count). The summed E-state index contributed by atoms with van der Waals surface area (Å²) in [5.74, 6) is -0.278. The van der Waals surface area contributed by atoms with Gasteiger partial charge in [0.15, 0.2) is 0 Å². The van der Waals surface area contributed by atoms with Gasteiger partial charge in [-0.25, -0.2) is 8.42 Å². The molecule has 10 heteroatoms. The van der Waals surface area contributed by atoms with Crippen LogP contribution in [0.25, 0.3) is 0 Å². The molecular formula is C20H21F3N2O4S. The predicted octanol–water partition coefficient (Wildman–Crippen LogP) is 3.76. The van der Waals surface area contributed by atoms with Crippen LogP contribution in [0.15, 0.2) is 53.4 Å². The minimum absolute atomic E-state index is 0.00439. The van der Waals surface area contributed by atoms with E-state index in [0.717, 1.165) is 31.0 Å². The average Bonchev–Trinajstić information content (AvgIpc) is 3.19. The Balaban J connectivity index is 1.71. The summed E-state index contributed by atoms with van der Waals surface area (Å²) in [7, 11) is -2.48. The first-order chi connectivity index (χ1) is 14.1. The van der Waals surface area contributed by atoms with Gasteiger partial charge in [-0.05, 0) is 55.3 Å². The summed E-state index contributed by atoms with van der Waals surface area (Å²) in [5, 5.41) is 0. The van der Waals surface area contributed by atoms with Crippen LogP contribution in [-0.4, -0.2) is 45.5 Å². The fourth-order valence-corrected chi connectivity index (χ4v) is 4.20. The Kier molecular flexibility index (Phi) is 6.37. The molecule has 0 aromatic heterocycles. The van der Waals surface area contributed by atoms with Crippen molar-refractivity contribution in [3.05, 3.63) is 59.7 Å². The summed E-state index contributed by atoms with van der Waals surface area (Å²) in [6.07, 6.45) is -2.75. The van der Waals surface area contributed by atoms with Crippen molar-refractivity contribution in [1.82, 2.24) is 4.90 Å². The Hall–Kier alpha value is -2.59. The average molecular weight is 442 g/mol. The van der Waals surface area contributed by atoms with Crippen LogP contribution in [0.5, 0.6) is 0 Å². The molecule has 0 bridgehead atoms. The molecule has 1 atom stereocenters. The van der Waals surface area contributed by atoms with Crippen molar-refractivity contribution in [3.8, 4) is 0 Å². The smallest absolute Gasteiger partial charge is 0.376 e. The molecule has 0 aliphatic carbocycles. The van der Waals surface area contributed by atoms with Gasteiger partial charge in [-0.3, -0.25) is 9.52 Å². The summed E-state index contributed by atoms with van der Waals surface area (Å²) in [5.41, 5.74) is -0.868. The van der Waals surface area contributed by atoms with E-state index in [0.29, 0.717) is 18.7 Å². The van der Waals surface area contributed by atoms with Crippen molar-refractivity contribution in [2.24, 2.45) is 0 Å². The third-order valence-corrected chi connectivity index (χ3v) is 6.10. The minimum atomic E-state index is -4.58. The van der Waals surface area contributed by atoms with E-state index in [1.165, 1.54) is 35.2 Å². The molecule has 1 aliphatic rings. The number of rotatable bonds is 6. The highest BCUT2D eigenvalue weighted by Crippen LogP contribution is 2.31. The molecule has 1 saturated heterocycles. The number of sulfonamides is 1. The molecule has 1 amide bonds. The molecule has 1 unspecified atom stereocenters. The van der Waals surface area contributed by atoms with Crippen molar-refractivity contribution >= 4 is 21.6 Å². The number of nitrogens with one attached hydrogen (secondary N) is 1. The lowest BCUT2D eigenvalue weighted by Gasteiger charge is -2.21. The van der Waals surface area contributed by atoms with E-state index in [9.17, 15) is 26.4 Å². The quantitative estimate of drug-likeness (QED) is 0.739. The number of amides is 1. The Morgan fingerprint density at radius 3 is 2.50 bits per heavy atom. The van der Waals surface area contributed by atoms with Crippen molar-refractivity contribution in [1.29, 1.82) is 0 Å². The highest BCUT2D eigenvalue weighted by Gasteiger charge is 2.30. The number of likely N-dealkylation sites (N-methyl/N-ethyl adjacent to an activating group) is 1. The van der Waals surface area contributed by atoms with Crippen LogP contribution < -0.4 is 4.72 Å². The van der Waals surface area contributed by atoms with E-state index < -0.39 is 21.8 Å². The number of alkyl halides is 3. The Morgan fingerprint density at radius 1 is 1.20 bits per heavy atom. The summed E-state index contributed by atoms with van der Waals surface area (Å²) in [4.78, 5) is 13.9. The van der Waals surface area contributed by atoms with Crippen LogP contribution >= 0.6 is 0 Å². The van der Waals surface area contributed by atoms with E-state index in [-0.39, 0.29) is 22.6 Å². The predicted molar refractivity (Wildman–Crippen MR) is 105 cm³/mol. The zero-order chi connectivity index (χ0) is 21.9. The fraction of sp³-hybridized carbons (Fsp3) is 0.350. The maximum Gasteiger partial charge on any atom is 0.416 e. The van der Waals surface area contributed by atoms with Crippen LogP contribution in [0, 0.1) is 0 Å². The number of benzene rings is 2. The third kappa shape index (κ3) is 5.31. The molecule has 1 heterocycles. The van der Waals surface area contributed by atoms with Crippen molar-refractivity contribution < 1.29 is 31.1 Å². The zero-order valence-corrected chi connectivity index (χ0v) is 17.0. The van der Waals surface area contributed by atoms with E-state index in [1.807, 2.05) is 0 Å². The number of carbonyl (C=O) groups is 1. The highest BCUT2D eigenvalue weighted by atomic mass is 32.2. The first kappa shape index (κ1) is 22.1. The molecule has 1 aliphatic heterocycles. The zero-order valence-electron chi connectivity index (χ0n) is 16.1. The number of halogens is 3. The van der Waals surface area contributed by atoms with Gasteiger partial charge in [0.1, 0.15) is 0 Å². The number of hydrogen-bond donors (Lipinski definition) is 1. The second-order valence-corrected chi connectivity index (χ2v) is 8.71.